The van der Waals surface area contributed by atoms with Gasteiger partial charge in [-0.25, -0.2) is 9.18 Å². The van der Waals surface area contributed by atoms with E-state index in [9.17, 15) is 14.0 Å². The molecule has 0 atom stereocenters. The molecule has 0 aliphatic carbocycles. The highest BCUT2D eigenvalue weighted by molar-refractivity contribution is 6.30. The number of carboxylic acid groups (broad SMARTS) is 1. The minimum Gasteiger partial charge on any atom is -0.478 e. The monoisotopic (exact) mass is 294 g/mol. The number of pyridine rings is 1. The van der Waals surface area contributed by atoms with Gasteiger partial charge >= 0.3 is 5.97 Å². The van der Waals surface area contributed by atoms with E-state index in [-0.39, 0.29) is 21.8 Å². The highest BCUT2D eigenvalue weighted by atomic mass is 35.5. The Labute approximate surface area is 118 Å². The molecule has 0 bridgehead atoms. The number of hydrogen-bond donors (Lipinski definition) is 2. The number of halogens is 2. The van der Waals surface area contributed by atoms with E-state index in [0.29, 0.717) is 0 Å². The van der Waals surface area contributed by atoms with Crippen LogP contribution in [0, 0.1) is 5.82 Å². The van der Waals surface area contributed by atoms with Gasteiger partial charge in [0, 0.05) is 11.2 Å². The quantitative estimate of drug-likeness (QED) is 0.912. The first kappa shape index (κ1) is 14.0. The van der Waals surface area contributed by atoms with E-state index in [4.69, 9.17) is 16.7 Å². The third-order valence-electron chi connectivity index (χ3n) is 2.48. The molecular weight excluding hydrogens is 287 g/mol. The molecule has 1 heterocycles. The summed E-state index contributed by atoms with van der Waals surface area (Å²) in [6.07, 6.45) is 2.46. The van der Waals surface area contributed by atoms with Gasteiger partial charge in [0.1, 0.15) is 5.82 Å². The molecule has 1 amide bonds. The van der Waals surface area contributed by atoms with Crippen LogP contribution in [0.25, 0.3) is 0 Å². The van der Waals surface area contributed by atoms with Crippen molar-refractivity contribution in [2.24, 2.45) is 0 Å². The van der Waals surface area contributed by atoms with E-state index in [0.717, 1.165) is 6.07 Å². The number of nitrogens with zero attached hydrogens (tertiary/aromatic N) is 1. The molecule has 0 unspecified atom stereocenters. The summed E-state index contributed by atoms with van der Waals surface area (Å²) in [5.41, 5.74) is -0.392. The first-order valence-electron chi connectivity index (χ1n) is 5.42. The molecule has 2 rings (SSSR count). The van der Waals surface area contributed by atoms with Crippen LogP contribution in [0.2, 0.25) is 5.02 Å². The Bertz CT molecular complexity index is 691. The maximum atomic E-state index is 13.6. The third-order valence-corrected chi connectivity index (χ3v) is 2.71. The molecule has 0 aliphatic heterocycles. The van der Waals surface area contributed by atoms with Crippen LogP contribution < -0.4 is 5.32 Å². The summed E-state index contributed by atoms with van der Waals surface area (Å²) in [6, 6.07) is 4.80. The van der Waals surface area contributed by atoms with Crippen LogP contribution >= 0.6 is 11.6 Å². The summed E-state index contributed by atoms with van der Waals surface area (Å²) in [4.78, 5) is 26.6. The Kier molecular flexibility index (Phi) is 3.95. The predicted octanol–water partition coefficient (Wildman–Crippen LogP) is 2.82. The van der Waals surface area contributed by atoms with E-state index in [1.54, 1.807) is 0 Å². The minimum absolute atomic E-state index is 0.0145. The predicted molar refractivity (Wildman–Crippen MR) is 70.6 cm³/mol. The summed E-state index contributed by atoms with van der Waals surface area (Å²) >= 11 is 5.59. The fourth-order valence-electron chi connectivity index (χ4n) is 1.54. The van der Waals surface area contributed by atoms with Gasteiger partial charge in [0.25, 0.3) is 5.91 Å². The number of hydrogen-bond acceptors (Lipinski definition) is 3. The lowest BCUT2D eigenvalue weighted by Crippen LogP contribution is -2.16. The molecule has 0 fully saturated rings. The van der Waals surface area contributed by atoms with E-state index < -0.39 is 17.7 Å². The number of rotatable bonds is 3. The second-order valence-electron chi connectivity index (χ2n) is 3.80. The maximum absolute atomic E-state index is 13.6. The van der Waals surface area contributed by atoms with Gasteiger partial charge in [-0.2, -0.15) is 0 Å². The van der Waals surface area contributed by atoms with Crippen molar-refractivity contribution in [1.29, 1.82) is 0 Å². The van der Waals surface area contributed by atoms with E-state index in [2.05, 4.69) is 10.3 Å². The van der Waals surface area contributed by atoms with Gasteiger partial charge in [0.05, 0.1) is 23.0 Å². The van der Waals surface area contributed by atoms with Crippen LogP contribution in [-0.2, 0) is 0 Å². The standard InChI is InChI=1S/C13H8ClFN2O3/c14-7-1-2-8(10(15)5-7)12(18)17-11-6-16-4-3-9(11)13(19)20/h1-6H,(H,17,18)(H,19,20). The van der Waals surface area contributed by atoms with Crippen molar-refractivity contribution in [3.63, 3.8) is 0 Å². The molecule has 0 spiro atoms. The number of carboxylic acids is 1. The Balaban J connectivity index is 2.30. The zero-order valence-electron chi connectivity index (χ0n) is 9.93. The average molecular weight is 295 g/mol. The maximum Gasteiger partial charge on any atom is 0.337 e. The first-order valence-corrected chi connectivity index (χ1v) is 5.80. The lowest BCUT2D eigenvalue weighted by Gasteiger charge is -2.08. The zero-order valence-corrected chi connectivity index (χ0v) is 10.7. The fourth-order valence-corrected chi connectivity index (χ4v) is 1.70. The van der Waals surface area contributed by atoms with Crippen LogP contribution in [0.5, 0.6) is 0 Å². The SMILES string of the molecule is O=C(Nc1cnccc1C(=O)O)c1ccc(Cl)cc1F. The topological polar surface area (TPSA) is 79.3 Å². The fraction of sp³-hybridized carbons (Fsp3) is 0. The molecule has 20 heavy (non-hydrogen) atoms. The number of aromatic nitrogens is 1. The highest BCUT2D eigenvalue weighted by Crippen LogP contribution is 2.18. The molecule has 0 saturated heterocycles. The molecule has 1 aromatic heterocycles. The van der Waals surface area contributed by atoms with E-state index >= 15 is 0 Å². The average Bonchev–Trinajstić information content (AvgIpc) is 2.38. The smallest absolute Gasteiger partial charge is 0.337 e. The van der Waals surface area contributed by atoms with Crippen molar-refractivity contribution in [2.75, 3.05) is 5.32 Å². The summed E-state index contributed by atoms with van der Waals surface area (Å²) in [7, 11) is 0. The van der Waals surface area contributed by atoms with Crippen LogP contribution in [0.1, 0.15) is 20.7 Å². The first-order chi connectivity index (χ1) is 9.49. The number of amides is 1. The van der Waals surface area contributed by atoms with Crippen molar-refractivity contribution in [3.05, 3.63) is 58.6 Å². The van der Waals surface area contributed by atoms with Gasteiger partial charge in [-0.05, 0) is 24.3 Å². The van der Waals surface area contributed by atoms with E-state index in [1.807, 2.05) is 0 Å². The summed E-state index contributed by atoms with van der Waals surface area (Å²) in [6.45, 7) is 0. The van der Waals surface area contributed by atoms with Crippen molar-refractivity contribution in [1.82, 2.24) is 4.98 Å². The van der Waals surface area contributed by atoms with Crippen LogP contribution in [0.4, 0.5) is 10.1 Å². The largest absolute Gasteiger partial charge is 0.478 e. The molecule has 0 radical (unpaired) electrons. The van der Waals surface area contributed by atoms with Crippen LogP contribution in [0.3, 0.4) is 0 Å². The lowest BCUT2D eigenvalue weighted by atomic mass is 10.1. The number of aromatic carboxylic acids is 1. The van der Waals surface area contributed by atoms with Crippen molar-refractivity contribution in [2.45, 2.75) is 0 Å². The molecule has 1 aromatic carbocycles. The number of carbonyl (C=O) groups excluding carboxylic acids is 1. The highest BCUT2D eigenvalue weighted by Gasteiger charge is 2.16. The molecule has 5 nitrogen and oxygen atoms in total. The van der Waals surface area contributed by atoms with Gasteiger partial charge in [-0.3, -0.25) is 9.78 Å². The normalized spacial score (nSPS) is 10.1. The van der Waals surface area contributed by atoms with Gasteiger partial charge in [-0.15, -0.1) is 0 Å². The zero-order chi connectivity index (χ0) is 14.7. The molecule has 7 heteroatoms. The minimum atomic E-state index is -1.22. The lowest BCUT2D eigenvalue weighted by molar-refractivity contribution is 0.0698. The summed E-state index contributed by atoms with van der Waals surface area (Å²) in [5, 5.41) is 11.4. The Hall–Kier alpha value is -2.47. The Morgan fingerprint density at radius 3 is 2.65 bits per heavy atom. The second kappa shape index (κ2) is 5.66. The molecule has 102 valence electrons. The second-order valence-corrected chi connectivity index (χ2v) is 4.24. The van der Waals surface area contributed by atoms with Crippen molar-refractivity contribution in [3.8, 4) is 0 Å². The van der Waals surface area contributed by atoms with Crippen molar-refractivity contribution < 1.29 is 19.1 Å². The van der Waals surface area contributed by atoms with E-state index in [1.165, 1.54) is 30.6 Å². The molecule has 2 N–H and O–H groups in total. The van der Waals surface area contributed by atoms with Gasteiger partial charge in [0.15, 0.2) is 0 Å². The Morgan fingerprint density at radius 1 is 1.25 bits per heavy atom. The number of nitrogens with one attached hydrogen (secondary N) is 1. The Morgan fingerprint density at radius 2 is 2.00 bits per heavy atom. The summed E-state index contributed by atoms with van der Waals surface area (Å²) in [5.74, 6) is -2.80. The van der Waals surface area contributed by atoms with Gasteiger partial charge < -0.3 is 10.4 Å². The van der Waals surface area contributed by atoms with Crippen LogP contribution in [0.15, 0.2) is 36.7 Å². The van der Waals surface area contributed by atoms with Gasteiger partial charge in [-0.1, -0.05) is 11.6 Å². The van der Waals surface area contributed by atoms with Crippen molar-refractivity contribution >= 4 is 29.2 Å². The molecular formula is C13H8ClFN2O3. The molecule has 2 aromatic rings. The molecule has 0 saturated carbocycles. The van der Waals surface area contributed by atoms with Gasteiger partial charge in [0.2, 0.25) is 0 Å². The number of carbonyl (C=O) groups is 2. The van der Waals surface area contributed by atoms with Crippen LogP contribution in [-0.4, -0.2) is 22.0 Å². The molecule has 0 aliphatic rings. The summed E-state index contributed by atoms with van der Waals surface area (Å²) < 4.78 is 13.6. The number of benzene rings is 1. The third kappa shape index (κ3) is 2.92. The number of anilines is 1.